The molecule has 2 aromatic heterocycles. The van der Waals surface area contributed by atoms with Crippen LogP contribution in [0.15, 0.2) is 34.7 Å². The number of hydrogen-bond donors (Lipinski definition) is 0. The van der Waals surface area contributed by atoms with Crippen LogP contribution in [0.3, 0.4) is 0 Å². The molecule has 128 valence electrons. The van der Waals surface area contributed by atoms with Gasteiger partial charge in [-0.2, -0.15) is 5.26 Å². The highest BCUT2D eigenvalue weighted by atomic mass is 32.1. The van der Waals surface area contributed by atoms with Gasteiger partial charge in [0, 0.05) is 10.9 Å². The van der Waals surface area contributed by atoms with Crippen LogP contribution in [0.5, 0.6) is 11.5 Å². The number of rotatable bonds is 6. The second-order valence-electron chi connectivity index (χ2n) is 5.19. The molecule has 0 bridgehead atoms. The van der Waals surface area contributed by atoms with Crippen molar-refractivity contribution in [1.29, 1.82) is 5.26 Å². The lowest BCUT2D eigenvalue weighted by Crippen LogP contribution is -2.18. The fourth-order valence-electron chi connectivity index (χ4n) is 2.55. The number of hydrogen-bond acceptors (Lipinski definition) is 6. The molecule has 0 aliphatic heterocycles. The highest BCUT2D eigenvalue weighted by molar-refractivity contribution is 7.17. The molecular weight excluding hydrogens is 338 g/mol. The lowest BCUT2D eigenvalue weighted by molar-refractivity contribution is 0.288. The maximum atomic E-state index is 12.4. The third-order valence-electron chi connectivity index (χ3n) is 3.64. The van der Waals surface area contributed by atoms with E-state index >= 15 is 0 Å². The molecule has 0 aliphatic carbocycles. The Morgan fingerprint density at radius 1 is 1.24 bits per heavy atom. The van der Waals surface area contributed by atoms with Crippen LogP contribution < -0.4 is 15.0 Å². The summed E-state index contributed by atoms with van der Waals surface area (Å²) < 4.78 is 13.1. The minimum Gasteiger partial charge on any atom is -0.490 e. The van der Waals surface area contributed by atoms with Crippen LogP contribution in [0.4, 0.5) is 0 Å². The van der Waals surface area contributed by atoms with Gasteiger partial charge in [0.25, 0.3) is 5.56 Å². The first-order valence-corrected chi connectivity index (χ1v) is 8.81. The SMILES string of the molecule is CCOc1ccc(-c2csc3c(=O)n(CC#N)cnc23)cc1OCC. The van der Waals surface area contributed by atoms with E-state index in [1.165, 1.54) is 22.2 Å². The summed E-state index contributed by atoms with van der Waals surface area (Å²) >= 11 is 1.33. The molecule has 6 nitrogen and oxygen atoms in total. The van der Waals surface area contributed by atoms with Crippen LogP contribution in [-0.4, -0.2) is 22.8 Å². The van der Waals surface area contributed by atoms with Gasteiger partial charge < -0.3 is 9.47 Å². The monoisotopic (exact) mass is 355 g/mol. The Bertz CT molecular complexity index is 1000. The molecule has 7 heteroatoms. The highest BCUT2D eigenvalue weighted by Crippen LogP contribution is 2.36. The minimum absolute atomic E-state index is 0.00739. The van der Waals surface area contributed by atoms with Crippen LogP contribution >= 0.6 is 11.3 Å². The van der Waals surface area contributed by atoms with Gasteiger partial charge in [-0.3, -0.25) is 9.36 Å². The zero-order valence-corrected chi connectivity index (χ0v) is 14.8. The Morgan fingerprint density at radius 3 is 2.72 bits per heavy atom. The number of nitriles is 1. The maximum Gasteiger partial charge on any atom is 0.272 e. The van der Waals surface area contributed by atoms with Crippen LogP contribution in [-0.2, 0) is 6.54 Å². The van der Waals surface area contributed by atoms with Crippen molar-refractivity contribution in [3.63, 3.8) is 0 Å². The zero-order chi connectivity index (χ0) is 17.8. The number of aromatic nitrogens is 2. The standard InChI is InChI=1S/C18H17N3O3S/c1-3-23-14-6-5-12(9-15(14)24-4-2)13-10-25-17-16(13)20-11-21(8-7-19)18(17)22/h5-6,9-11H,3-4,8H2,1-2H3. The summed E-state index contributed by atoms with van der Waals surface area (Å²) in [4.78, 5) is 16.8. The van der Waals surface area contributed by atoms with Crippen LogP contribution in [0.1, 0.15) is 13.8 Å². The quantitative estimate of drug-likeness (QED) is 0.677. The van der Waals surface area contributed by atoms with Crippen molar-refractivity contribution in [2.75, 3.05) is 13.2 Å². The van der Waals surface area contributed by atoms with Crippen LogP contribution in [0.25, 0.3) is 21.3 Å². The summed E-state index contributed by atoms with van der Waals surface area (Å²) in [5.74, 6) is 1.36. The molecule has 0 N–H and O–H groups in total. The van der Waals surface area contributed by atoms with Gasteiger partial charge in [-0.05, 0) is 31.5 Å². The van der Waals surface area contributed by atoms with Gasteiger partial charge in [-0.1, -0.05) is 6.07 Å². The Balaban J connectivity index is 2.10. The summed E-state index contributed by atoms with van der Waals surface area (Å²) in [6.45, 7) is 4.92. The molecule has 0 saturated heterocycles. The highest BCUT2D eigenvalue weighted by Gasteiger charge is 2.14. The van der Waals surface area contributed by atoms with Crippen molar-refractivity contribution < 1.29 is 9.47 Å². The van der Waals surface area contributed by atoms with E-state index in [-0.39, 0.29) is 12.1 Å². The van der Waals surface area contributed by atoms with E-state index in [1.807, 2.05) is 43.5 Å². The van der Waals surface area contributed by atoms with Crippen LogP contribution in [0, 0.1) is 11.3 Å². The van der Waals surface area contributed by atoms with E-state index in [2.05, 4.69) is 4.98 Å². The largest absolute Gasteiger partial charge is 0.490 e. The first kappa shape index (κ1) is 17.0. The average molecular weight is 355 g/mol. The smallest absolute Gasteiger partial charge is 0.272 e. The zero-order valence-electron chi connectivity index (χ0n) is 14.0. The molecule has 25 heavy (non-hydrogen) atoms. The number of thiophene rings is 1. The third-order valence-corrected chi connectivity index (χ3v) is 4.60. The van der Waals surface area contributed by atoms with E-state index in [1.54, 1.807) is 0 Å². The van der Waals surface area contributed by atoms with Crippen molar-refractivity contribution in [3.8, 4) is 28.7 Å². The van der Waals surface area contributed by atoms with E-state index < -0.39 is 0 Å². The molecule has 0 saturated carbocycles. The van der Waals surface area contributed by atoms with Gasteiger partial charge >= 0.3 is 0 Å². The molecule has 0 spiro atoms. The fraction of sp³-hybridized carbons (Fsp3) is 0.278. The van der Waals surface area contributed by atoms with E-state index in [4.69, 9.17) is 14.7 Å². The Kier molecular flexibility index (Phi) is 5.00. The lowest BCUT2D eigenvalue weighted by atomic mass is 10.1. The molecule has 0 atom stereocenters. The molecule has 3 aromatic rings. The second-order valence-corrected chi connectivity index (χ2v) is 6.07. The molecular formula is C18H17N3O3S. The fourth-order valence-corrected chi connectivity index (χ4v) is 3.53. The Morgan fingerprint density at radius 2 is 2.00 bits per heavy atom. The Labute approximate surface area is 148 Å². The molecule has 3 rings (SSSR count). The molecule has 0 radical (unpaired) electrons. The number of benzene rings is 1. The van der Waals surface area contributed by atoms with Gasteiger partial charge in [-0.25, -0.2) is 4.98 Å². The van der Waals surface area contributed by atoms with Crippen molar-refractivity contribution in [2.45, 2.75) is 20.4 Å². The van der Waals surface area contributed by atoms with Gasteiger partial charge in [-0.15, -0.1) is 11.3 Å². The molecule has 0 fully saturated rings. The molecule has 2 heterocycles. The summed E-state index contributed by atoms with van der Waals surface area (Å²) in [7, 11) is 0. The maximum absolute atomic E-state index is 12.4. The predicted molar refractivity (Wildman–Crippen MR) is 97.3 cm³/mol. The average Bonchev–Trinajstić information content (AvgIpc) is 3.04. The van der Waals surface area contributed by atoms with E-state index in [0.29, 0.717) is 34.9 Å². The van der Waals surface area contributed by atoms with Gasteiger partial charge in [0.2, 0.25) is 0 Å². The van der Waals surface area contributed by atoms with Gasteiger partial charge in [0.1, 0.15) is 11.2 Å². The molecule has 0 amide bonds. The minimum atomic E-state index is -0.196. The second kappa shape index (κ2) is 7.36. The molecule has 0 unspecified atom stereocenters. The molecule has 0 aliphatic rings. The normalized spacial score (nSPS) is 10.6. The number of fused-ring (bicyclic) bond motifs is 1. The van der Waals surface area contributed by atoms with E-state index in [0.717, 1.165) is 11.1 Å². The van der Waals surface area contributed by atoms with Crippen molar-refractivity contribution in [2.24, 2.45) is 0 Å². The first-order valence-electron chi connectivity index (χ1n) is 7.93. The summed E-state index contributed by atoms with van der Waals surface area (Å²) in [6.07, 6.45) is 1.42. The van der Waals surface area contributed by atoms with Crippen LogP contribution in [0.2, 0.25) is 0 Å². The third kappa shape index (κ3) is 3.21. The topological polar surface area (TPSA) is 77.1 Å². The Hall–Kier alpha value is -2.85. The van der Waals surface area contributed by atoms with Crippen molar-refractivity contribution in [3.05, 3.63) is 40.3 Å². The van der Waals surface area contributed by atoms with Gasteiger partial charge in [0.05, 0.1) is 31.1 Å². The lowest BCUT2D eigenvalue weighted by Gasteiger charge is -2.12. The van der Waals surface area contributed by atoms with E-state index in [9.17, 15) is 4.79 Å². The van der Waals surface area contributed by atoms with Gasteiger partial charge in [0.15, 0.2) is 11.5 Å². The molecule has 1 aromatic carbocycles. The summed E-state index contributed by atoms with van der Waals surface area (Å²) in [5, 5.41) is 10.7. The van der Waals surface area contributed by atoms with Crippen molar-refractivity contribution >= 4 is 21.6 Å². The summed E-state index contributed by atoms with van der Waals surface area (Å²) in [5.41, 5.74) is 2.21. The van der Waals surface area contributed by atoms with Crippen molar-refractivity contribution in [1.82, 2.24) is 9.55 Å². The predicted octanol–water partition coefficient (Wildman–Crippen LogP) is 3.45. The first-order chi connectivity index (χ1) is 12.2. The number of nitrogens with zero attached hydrogens (tertiary/aromatic N) is 3. The number of ether oxygens (including phenoxy) is 2. The summed E-state index contributed by atoms with van der Waals surface area (Å²) in [6, 6.07) is 7.66.